The fourth-order valence-electron chi connectivity index (χ4n) is 2.73. The Bertz CT molecular complexity index is 874. The highest BCUT2D eigenvalue weighted by Gasteiger charge is 2.26. The van der Waals surface area contributed by atoms with Crippen LogP contribution in [0.25, 0.3) is 11.4 Å². The Kier molecular flexibility index (Phi) is 4.70. The first-order chi connectivity index (χ1) is 12.2. The third-order valence-corrected chi connectivity index (χ3v) is 3.92. The number of nitrogens with zero attached hydrogens (tertiary/aromatic N) is 2. The fourth-order valence-corrected chi connectivity index (χ4v) is 2.73. The molecule has 1 heterocycles. The van der Waals surface area contributed by atoms with Gasteiger partial charge in [-0.05, 0) is 23.8 Å². The van der Waals surface area contributed by atoms with E-state index in [1.807, 2.05) is 30.3 Å². The molecule has 1 atom stereocenters. The molecule has 3 rings (SSSR count). The van der Waals surface area contributed by atoms with Crippen molar-refractivity contribution in [2.45, 2.75) is 6.04 Å². The molecule has 0 aliphatic rings. The van der Waals surface area contributed by atoms with Crippen LogP contribution >= 0.6 is 0 Å². The maximum atomic E-state index is 12.4. The van der Waals surface area contributed by atoms with Gasteiger partial charge in [0.2, 0.25) is 0 Å². The molecule has 0 amide bonds. The Labute approximate surface area is 145 Å². The number of aromatic hydroxyl groups is 1. The molecule has 0 fully saturated rings. The van der Waals surface area contributed by atoms with Gasteiger partial charge < -0.3 is 19.1 Å². The van der Waals surface area contributed by atoms with Crippen LogP contribution in [0.1, 0.15) is 11.6 Å². The van der Waals surface area contributed by atoms with E-state index >= 15 is 0 Å². The molecule has 25 heavy (non-hydrogen) atoms. The van der Waals surface area contributed by atoms with E-state index in [0.717, 1.165) is 5.56 Å². The van der Waals surface area contributed by atoms with Gasteiger partial charge in [-0.2, -0.15) is 0 Å². The summed E-state index contributed by atoms with van der Waals surface area (Å²) in [4.78, 5) is 16.8. The molecule has 3 aromatic rings. The number of aromatic nitrogens is 2. The number of rotatable bonds is 5. The molecular weight excluding hydrogens is 320 g/mol. The number of carbonyl (C=O) groups is 1. The van der Waals surface area contributed by atoms with E-state index in [1.165, 1.54) is 14.2 Å². The normalized spacial score (nSPS) is 11.8. The van der Waals surface area contributed by atoms with Gasteiger partial charge in [0.05, 0.1) is 14.2 Å². The summed E-state index contributed by atoms with van der Waals surface area (Å²) in [5.41, 5.74) is 1.44. The second-order valence-corrected chi connectivity index (χ2v) is 5.38. The molecule has 0 aliphatic carbocycles. The van der Waals surface area contributed by atoms with Crippen LogP contribution < -0.4 is 4.74 Å². The first-order valence-electron chi connectivity index (χ1n) is 7.68. The number of imidazole rings is 1. The molecule has 0 unspecified atom stereocenters. The molecule has 128 valence electrons. The maximum absolute atomic E-state index is 12.4. The van der Waals surface area contributed by atoms with Gasteiger partial charge in [-0.1, -0.05) is 30.3 Å². The summed E-state index contributed by atoms with van der Waals surface area (Å²) < 4.78 is 11.8. The third kappa shape index (κ3) is 3.19. The van der Waals surface area contributed by atoms with E-state index in [-0.39, 0.29) is 5.75 Å². The van der Waals surface area contributed by atoms with Gasteiger partial charge in [0.15, 0.2) is 17.5 Å². The zero-order chi connectivity index (χ0) is 17.8. The molecule has 1 aromatic heterocycles. The first-order valence-corrected chi connectivity index (χ1v) is 7.68. The summed E-state index contributed by atoms with van der Waals surface area (Å²) in [6.07, 6.45) is 3.32. The molecule has 0 radical (unpaired) electrons. The van der Waals surface area contributed by atoms with Crippen molar-refractivity contribution >= 4 is 5.97 Å². The molecule has 0 spiro atoms. The van der Waals surface area contributed by atoms with Crippen LogP contribution in [0.3, 0.4) is 0 Å². The zero-order valence-corrected chi connectivity index (χ0v) is 13.9. The van der Waals surface area contributed by atoms with E-state index in [2.05, 4.69) is 4.98 Å². The highest BCUT2D eigenvalue weighted by atomic mass is 16.5. The molecule has 0 bridgehead atoms. The highest BCUT2D eigenvalue weighted by molar-refractivity contribution is 5.79. The van der Waals surface area contributed by atoms with Gasteiger partial charge >= 0.3 is 5.97 Å². The summed E-state index contributed by atoms with van der Waals surface area (Å²) in [6, 6.07) is 13.6. The average Bonchev–Trinajstić information content (AvgIpc) is 3.11. The van der Waals surface area contributed by atoms with Gasteiger partial charge in [0.25, 0.3) is 0 Å². The molecule has 0 aliphatic heterocycles. The lowest BCUT2D eigenvalue weighted by Gasteiger charge is -2.19. The quantitative estimate of drug-likeness (QED) is 0.724. The van der Waals surface area contributed by atoms with Gasteiger partial charge in [0, 0.05) is 18.0 Å². The van der Waals surface area contributed by atoms with Crippen molar-refractivity contribution in [3.05, 3.63) is 66.5 Å². The van der Waals surface area contributed by atoms with Crippen LogP contribution in [0.15, 0.2) is 60.9 Å². The molecule has 0 saturated carbocycles. The SMILES string of the molecule is COC(=O)[C@H](c1ccccc1)n1ccnc1-c1ccc(OC)c(O)c1. The summed E-state index contributed by atoms with van der Waals surface area (Å²) in [7, 11) is 2.84. The number of methoxy groups -OCH3 is 2. The number of carbonyl (C=O) groups excluding carboxylic acids is 1. The largest absolute Gasteiger partial charge is 0.504 e. The molecular formula is C19H18N2O4. The summed E-state index contributed by atoms with van der Waals surface area (Å²) in [6.45, 7) is 0. The number of phenols is 1. The first kappa shape index (κ1) is 16.6. The minimum absolute atomic E-state index is 0.00359. The summed E-state index contributed by atoms with van der Waals surface area (Å²) in [5, 5.41) is 10.0. The van der Waals surface area contributed by atoms with Crippen molar-refractivity contribution in [3.8, 4) is 22.9 Å². The Morgan fingerprint density at radius 2 is 1.92 bits per heavy atom. The summed E-state index contributed by atoms with van der Waals surface area (Å²) >= 11 is 0. The van der Waals surface area contributed by atoms with Crippen LogP contribution in [0.5, 0.6) is 11.5 Å². The van der Waals surface area contributed by atoms with Crippen molar-refractivity contribution in [2.75, 3.05) is 14.2 Å². The lowest BCUT2D eigenvalue weighted by molar-refractivity contribution is -0.143. The van der Waals surface area contributed by atoms with Gasteiger partial charge in [-0.25, -0.2) is 9.78 Å². The predicted molar refractivity (Wildman–Crippen MR) is 92.5 cm³/mol. The molecule has 2 aromatic carbocycles. The Balaban J connectivity index is 2.10. The van der Waals surface area contributed by atoms with Crippen LogP contribution in [0.2, 0.25) is 0 Å². The minimum atomic E-state index is -0.673. The number of ether oxygens (including phenoxy) is 2. The van der Waals surface area contributed by atoms with E-state index in [0.29, 0.717) is 17.1 Å². The second kappa shape index (κ2) is 7.09. The van der Waals surface area contributed by atoms with Gasteiger partial charge in [-0.3, -0.25) is 0 Å². The third-order valence-electron chi connectivity index (χ3n) is 3.92. The lowest BCUT2D eigenvalue weighted by atomic mass is 10.1. The lowest BCUT2D eigenvalue weighted by Crippen LogP contribution is -2.22. The highest BCUT2D eigenvalue weighted by Crippen LogP contribution is 2.32. The zero-order valence-electron chi connectivity index (χ0n) is 13.9. The predicted octanol–water partition coefficient (Wildman–Crippen LogP) is 3.03. The number of hydrogen-bond donors (Lipinski definition) is 1. The van der Waals surface area contributed by atoms with Gasteiger partial charge in [0.1, 0.15) is 5.82 Å². The van der Waals surface area contributed by atoms with Crippen molar-refractivity contribution < 1.29 is 19.4 Å². The number of benzene rings is 2. The monoisotopic (exact) mass is 338 g/mol. The topological polar surface area (TPSA) is 73.6 Å². The number of hydrogen-bond acceptors (Lipinski definition) is 5. The van der Waals surface area contributed by atoms with Crippen LogP contribution in [0.4, 0.5) is 0 Å². The van der Waals surface area contributed by atoms with E-state index in [1.54, 1.807) is 35.2 Å². The van der Waals surface area contributed by atoms with Crippen molar-refractivity contribution in [2.24, 2.45) is 0 Å². The van der Waals surface area contributed by atoms with Crippen LogP contribution in [-0.2, 0) is 9.53 Å². The van der Waals surface area contributed by atoms with Crippen LogP contribution in [0, 0.1) is 0 Å². The summed E-state index contributed by atoms with van der Waals surface area (Å²) in [5.74, 6) is 0.513. The average molecular weight is 338 g/mol. The Hall–Kier alpha value is -3.28. The fraction of sp³-hybridized carbons (Fsp3) is 0.158. The molecule has 6 nitrogen and oxygen atoms in total. The van der Waals surface area contributed by atoms with Crippen molar-refractivity contribution in [1.82, 2.24) is 9.55 Å². The molecule has 0 saturated heterocycles. The molecule has 1 N–H and O–H groups in total. The van der Waals surface area contributed by atoms with Gasteiger partial charge in [-0.15, -0.1) is 0 Å². The van der Waals surface area contributed by atoms with E-state index < -0.39 is 12.0 Å². The smallest absolute Gasteiger partial charge is 0.333 e. The maximum Gasteiger partial charge on any atom is 0.333 e. The second-order valence-electron chi connectivity index (χ2n) is 5.38. The van der Waals surface area contributed by atoms with E-state index in [4.69, 9.17) is 9.47 Å². The number of phenolic OH excluding ortho intramolecular Hbond substituents is 1. The number of esters is 1. The van der Waals surface area contributed by atoms with Crippen molar-refractivity contribution in [3.63, 3.8) is 0 Å². The van der Waals surface area contributed by atoms with Crippen LogP contribution in [-0.4, -0.2) is 34.8 Å². The Morgan fingerprint density at radius 1 is 1.16 bits per heavy atom. The standard InChI is InChI=1S/C19H18N2O4/c1-24-16-9-8-14(12-15(16)22)18-20-10-11-21(18)17(19(23)25-2)13-6-4-3-5-7-13/h3-12,17,22H,1-2H3/t17-/m0/s1. The minimum Gasteiger partial charge on any atom is -0.504 e. The van der Waals surface area contributed by atoms with Crippen molar-refractivity contribution in [1.29, 1.82) is 0 Å². The molecule has 6 heteroatoms. The Morgan fingerprint density at radius 3 is 2.56 bits per heavy atom. The van der Waals surface area contributed by atoms with E-state index in [9.17, 15) is 9.90 Å².